The molecule has 2 aliphatic rings. The molecule has 4 rings (SSSR count). The van der Waals surface area contributed by atoms with E-state index in [1.54, 1.807) is 0 Å². The lowest BCUT2D eigenvalue weighted by molar-refractivity contribution is 0.188. The molecule has 0 amide bonds. The quantitative estimate of drug-likeness (QED) is 0.887. The zero-order chi connectivity index (χ0) is 13.4. The summed E-state index contributed by atoms with van der Waals surface area (Å²) >= 11 is 0. The van der Waals surface area contributed by atoms with Crippen LogP contribution in [0.2, 0.25) is 0 Å². The van der Waals surface area contributed by atoms with Crippen LogP contribution in [0.5, 0.6) is 0 Å². The molecule has 0 spiro atoms. The Labute approximate surface area is 120 Å². The standard InChI is InChI=1S/C18H22N2/c1-2-8-17-14(5-1)6-3-9-18(17)19-15-10-12-20-11-4-7-16(20)13-15/h1-3,5-6,8-9,15-16,19H,4,7,10-13H2. The molecule has 20 heavy (non-hydrogen) atoms. The molecule has 2 heterocycles. The minimum absolute atomic E-state index is 0.639. The number of rotatable bonds is 2. The van der Waals surface area contributed by atoms with E-state index in [0.29, 0.717) is 6.04 Å². The van der Waals surface area contributed by atoms with Gasteiger partial charge in [0.15, 0.2) is 0 Å². The molecule has 0 radical (unpaired) electrons. The van der Waals surface area contributed by atoms with Gasteiger partial charge in [0.2, 0.25) is 0 Å². The molecule has 2 saturated heterocycles. The van der Waals surface area contributed by atoms with Crippen molar-refractivity contribution in [2.24, 2.45) is 0 Å². The molecule has 0 saturated carbocycles. The predicted molar refractivity (Wildman–Crippen MR) is 85.2 cm³/mol. The Morgan fingerprint density at radius 3 is 2.85 bits per heavy atom. The van der Waals surface area contributed by atoms with Crippen LogP contribution in [0.25, 0.3) is 10.8 Å². The van der Waals surface area contributed by atoms with Crippen LogP contribution in [0.1, 0.15) is 25.7 Å². The summed E-state index contributed by atoms with van der Waals surface area (Å²) in [4.78, 5) is 2.68. The van der Waals surface area contributed by atoms with Crippen LogP contribution < -0.4 is 5.32 Å². The normalized spacial score (nSPS) is 26.6. The molecular weight excluding hydrogens is 244 g/mol. The maximum Gasteiger partial charge on any atom is 0.0422 e. The maximum atomic E-state index is 3.81. The fourth-order valence-electron chi connectivity index (χ4n) is 3.93. The van der Waals surface area contributed by atoms with Gasteiger partial charge in [0.25, 0.3) is 0 Å². The van der Waals surface area contributed by atoms with Gasteiger partial charge in [-0.05, 0) is 43.7 Å². The minimum atomic E-state index is 0.639. The molecule has 2 unspecified atom stereocenters. The highest BCUT2D eigenvalue weighted by molar-refractivity contribution is 5.93. The van der Waals surface area contributed by atoms with E-state index in [0.717, 1.165) is 6.04 Å². The second-order valence-electron chi connectivity index (χ2n) is 6.22. The second kappa shape index (κ2) is 5.10. The zero-order valence-electron chi connectivity index (χ0n) is 11.9. The first-order valence-electron chi connectivity index (χ1n) is 7.88. The van der Waals surface area contributed by atoms with Crippen LogP contribution in [0, 0.1) is 0 Å². The molecule has 2 aromatic carbocycles. The summed E-state index contributed by atoms with van der Waals surface area (Å²) in [6.07, 6.45) is 5.38. The Kier molecular flexibility index (Phi) is 3.12. The van der Waals surface area contributed by atoms with Gasteiger partial charge in [-0.2, -0.15) is 0 Å². The second-order valence-corrected chi connectivity index (χ2v) is 6.22. The number of nitrogens with zero attached hydrogens (tertiary/aromatic N) is 1. The van der Waals surface area contributed by atoms with Crippen LogP contribution in [-0.4, -0.2) is 30.1 Å². The van der Waals surface area contributed by atoms with E-state index in [9.17, 15) is 0 Å². The largest absolute Gasteiger partial charge is 0.382 e. The smallest absolute Gasteiger partial charge is 0.0422 e. The molecule has 2 nitrogen and oxygen atoms in total. The third kappa shape index (κ3) is 2.18. The Balaban J connectivity index is 1.56. The SMILES string of the molecule is c1ccc2c(NC3CCN4CCCC4C3)cccc2c1. The van der Waals surface area contributed by atoms with E-state index >= 15 is 0 Å². The average molecular weight is 266 g/mol. The maximum absolute atomic E-state index is 3.81. The molecule has 2 aromatic rings. The minimum Gasteiger partial charge on any atom is -0.382 e. The Morgan fingerprint density at radius 2 is 1.85 bits per heavy atom. The molecule has 1 N–H and O–H groups in total. The summed E-state index contributed by atoms with van der Waals surface area (Å²) in [6, 6.07) is 16.7. The number of hydrogen-bond donors (Lipinski definition) is 1. The summed E-state index contributed by atoms with van der Waals surface area (Å²) in [7, 11) is 0. The highest BCUT2D eigenvalue weighted by Gasteiger charge is 2.31. The number of hydrogen-bond acceptors (Lipinski definition) is 2. The van der Waals surface area contributed by atoms with E-state index in [4.69, 9.17) is 0 Å². The van der Waals surface area contributed by atoms with Crippen molar-refractivity contribution in [1.29, 1.82) is 0 Å². The number of fused-ring (bicyclic) bond motifs is 2. The fourth-order valence-corrected chi connectivity index (χ4v) is 3.93. The van der Waals surface area contributed by atoms with Crippen molar-refractivity contribution in [3.05, 3.63) is 42.5 Å². The van der Waals surface area contributed by atoms with Gasteiger partial charge in [-0.25, -0.2) is 0 Å². The summed E-state index contributed by atoms with van der Waals surface area (Å²) in [5.74, 6) is 0. The predicted octanol–water partition coefficient (Wildman–Crippen LogP) is 3.88. The lowest BCUT2D eigenvalue weighted by atomic mass is 9.97. The fraction of sp³-hybridized carbons (Fsp3) is 0.444. The summed E-state index contributed by atoms with van der Waals surface area (Å²) < 4.78 is 0. The molecular formula is C18H22N2. The van der Waals surface area contributed by atoms with Crippen molar-refractivity contribution in [1.82, 2.24) is 4.90 Å². The molecule has 2 aliphatic heterocycles. The Bertz CT molecular complexity index is 602. The zero-order valence-corrected chi connectivity index (χ0v) is 11.9. The van der Waals surface area contributed by atoms with Crippen LogP contribution in [-0.2, 0) is 0 Å². The van der Waals surface area contributed by atoms with Crippen LogP contribution in [0.4, 0.5) is 5.69 Å². The molecule has 0 bridgehead atoms. The van der Waals surface area contributed by atoms with E-state index in [1.807, 2.05) is 0 Å². The third-order valence-corrected chi connectivity index (χ3v) is 4.97. The molecule has 2 fully saturated rings. The van der Waals surface area contributed by atoms with Gasteiger partial charge in [-0.3, -0.25) is 0 Å². The summed E-state index contributed by atoms with van der Waals surface area (Å²) in [5.41, 5.74) is 1.31. The monoisotopic (exact) mass is 266 g/mol. The number of piperidine rings is 1. The molecule has 104 valence electrons. The van der Waals surface area contributed by atoms with Crippen LogP contribution >= 0.6 is 0 Å². The molecule has 2 heteroatoms. The van der Waals surface area contributed by atoms with Gasteiger partial charge >= 0.3 is 0 Å². The highest BCUT2D eigenvalue weighted by Crippen LogP contribution is 2.30. The number of nitrogens with one attached hydrogen (secondary N) is 1. The van der Waals surface area contributed by atoms with Gasteiger partial charge < -0.3 is 10.2 Å². The van der Waals surface area contributed by atoms with Gasteiger partial charge in [0, 0.05) is 29.7 Å². The summed E-state index contributed by atoms with van der Waals surface area (Å²) in [6.45, 7) is 2.60. The van der Waals surface area contributed by atoms with Crippen molar-refractivity contribution < 1.29 is 0 Å². The molecule has 0 aromatic heterocycles. The van der Waals surface area contributed by atoms with Crippen molar-refractivity contribution in [2.75, 3.05) is 18.4 Å². The third-order valence-electron chi connectivity index (χ3n) is 4.97. The number of benzene rings is 2. The molecule has 2 atom stereocenters. The van der Waals surface area contributed by atoms with Gasteiger partial charge in [0.1, 0.15) is 0 Å². The number of anilines is 1. The van der Waals surface area contributed by atoms with Crippen LogP contribution in [0.15, 0.2) is 42.5 Å². The first kappa shape index (κ1) is 12.2. The van der Waals surface area contributed by atoms with E-state index in [1.165, 1.54) is 55.2 Å². The Hall–Kier alpha value is -1.54. The van der Waals surface area contributed by atoms with E-state index in [-0.39, 0.29) is 0 Å². The first-order valence-corrected chi connectivity index (χ1v) is 7.88. The highest BCUT2D eigenvalue weighted by atomic mass is 15.2. The lowest BCUT2D eigenvalue weighted by Gasteiger charge is -2.35. The Morgan fingerprint density at radius 1 is 0.950 bits per heavy atom. The van der Waals surface area contributed by atoms with Gasteiger partial charge in [0.05, 0.1) is 0 Å². The van der Waals surface area contributed by atoms with Crippen LogP contribution in [0.3, 0.4) is 0 Å². The van der Waals surface area contributed by atoms with E-state index in [2.05, 4.69) is 52.7 Å². The first-order chi connectivity index (χ1) is 9.90. The molecule has 0 aliphatic carbocycles. The van der Waals surface area contributed by atoms with Crippen molar-refractivity contribution in [2.45, 2.75) is 37.8 Å². The van der Waals surface area contributed by atoms with Gasteiger partial charge in [-0.15, -0.1) is 0 Å². The lowest BCUT2D eigenvalue weighted by Crippen LogP contribution is -2.42. The van der Waals surface area contributed by atoms with Crippen molar-refractivity contribution in [3.8, 4) is 0 Å². The van der Waals surface area contributed by atoms with Crippen molar-refractivity contribution >= 4 is 16.5 Å². The topological polar surface area (TPSA) is 15.3 Å². The average Bonchev–Trinajstić information content (AvgIpc) is 2.95. The van der Waals surface area contributed by atoms with E-state index < -0.39 is 0 Å². The van der Waals surface area contributed by atoms with Gasteiger partial charge in [-0.1, -0.05) is 36.4 Å². The van der Waals surface area contributed by atoms with Crippen molar-refractivity contribution in [3.63, 3.8) is 0 Å². The summed E-state index contributed by atoms with van der Waals surface area (Å²) in [5, 5.41) is 6.49.